The van der Waals surface area contributed by atoms with E-state index in [0.717, 1.165) is 11.1 Å². The molecule has 0 saturated carbocycles. The minimum absolute atomic E-state index is 0.140. The highest BCUT2D eigenvalue weighted by molar-refractivity contribution is 5.16. The molecule has 0 aromatic heterocycles. The van der Waals surface area contributed by atoms with Gasteiger partial charge in [0.15, 0.2) is 0 Å². The summed E-state index contributed by atoms with van der Waals surface area (Å²) in [7, 11) is 0. The van der Waals surface area contributed by atoms with E-state index in [1.54, 1.807) is 0 Å². The molecule has 2 aromatic rings. The first kappa shape index (κ1) is 19.2. The van der Waals surface area contributed by atoms with Crippen LogP contribution in [0.25, 0.3) is 0 Å². The van der Waals surface area contributed by atoms with Crippen LogP contribution in [0.2, 0.25) is 0 Å². The van der Waals surface area contributed by atoms with Crippen molar-refractivity contribution < 1.29 is 14.6 Å². The zero-order chi connectivity index (χ0) is 17.9. The van der Waals surface area contributed by atoms with Crippen LogP contribution >= 0.6 is 0 Å². The van der Waals surface area contributed by atoms with Gasteiger partial charge in [0.2, 0.25) is 0 Å². The van der Waals surface area contributed by atoms with Crippen molar-refractivity contribution in [2.24, 2.45) is 5.92 Å². The monoisotopic (exact) mass is 338 g/mol. The lowest BCUT2D eigenvalue weighted by Gasteiger charge is -2.22. The minimum Gasteiger partial charge on any atom is -0.394 e. The Kier molecular flexibility index (Phi) is 8.21. The van der Waals surface area contributed by atoms with E-state index in [-0.39, 0.29) is 12.5 Å². The molecule has 0 amide bonds. The van der Waals surface area contributed by atoms with E-state index >= 15 is 0 Å². The van der Waals surface area contributed by atoms with Crippen LogP contribution in [0.15, 0.2) is 60.7 Å². The summed E-state index contributed by atoms with van der Waals surface area (Å²) in [4.78, 5) is 0. The van der Waals surface area contributed by atoms with E-state index in [4.69, 9.17) is 9.47 Å². The summed E-state index contributed by atoms with van der Waals surface area (Å²) in [6.07, 6.45) is -0.966. The molecule has 2 aromatic carbocycles. The second-order valence-corrected chi connectivity index (χ2v) is 6.18. The molecule has 0 fully saturated rings. The summed E-state index contributed by atoms with van der Waals surface area (Å²) in [6, 6.07) is 19.8. The number of hydrogen-bond donors (Lipinski definition) is 1. The molecule has 0 saturated heterocycles. The standard InChI is InChI=1S/C22H26O3/c1-18(2)13-14-21(24-16-19-9-5-3-6-10-19)22(15-23)25-17-20-11-7-4-8-12-20/h3-12,18,21-23H,15-17H2,1-2H3/t21-,22-/m1/s1. The van der Waals surface area contributed by atoms with Crippen molar-refractivity contribution in [2.45, 2.75) is 39.3 Å². The maximum Gasteiger partial charge on any atom is 0.146 e. The third-order valence-electron chi connectivity index (χ3n) is 3.61. The number of aliphatic hydroxyl groups is 1. The van der Waals surface area contributed by atoms with Gasteiger partial charge in [-0.2, -0.15) is 0 Å². The number of ether oxygens (including phenoxy) is 2. The summed E-state index contributed by atoms with van der Waals surface area (Å²) in [6.45, 7) is 4.77. The smallest absolute Gasteiger partial charge is 0.146 e. The summed E-state index contributed by atoms with van der Waals surface area (Å²) in [5.41, 5.74) is 2.12. The Morgan fingerprint density at radius 3 is 1.80 bits per heavy atom. The third kappa shape index (κ3) is 7.11. The largest absolute Gasteiger partial charge is 0.394 e. The average molecular weight is 338 g/mol. The lowest BCUT2D eigenvalue weighted by molar-refractivity contribution is -0.0810. The molecule has 0 bridgehead atoms. The second kappa shape index (κ2) is 10.7. The molecule has 1 N–H and O–H groups in total. The van der Waals surface area contributed by atoms with Gasteiger partial charge in [0.25, 0.3) is 0 Å². The Morgan fingerprint density at radius 1 is 0.800 bits per heavy atom. The summed E-state index contributed by atoms with van der Waals surface area (Å²) < 4.78 is 11.8. The topological polar surface area (TPSA) is 38.7 Å². The van der Waals surface area contributed by atoms with Crippen LogP contribution in [-0.2, 0) is 22.7 Å². The maximum absolute atomic E-state index is 9.76. The number of benzene rings is 2. The van der Waals surface area contributed by atoms with Gasteiger partial charge < -0.3 is 14.6 Å². The fourth-order valence-electron chi connectivity index (χ4n) is 2.26. The highest BCUT2D eigenvalue weighted by Crippen LogP contribution is 2.11. The summed E-state index contributed by atoms with van der Waals surface area (Å²) in [5.74, 6) is 6.48. The highest BCUT2D eigenvalue weighted by atomic mass is 16.5. The van der Waals surface area contributed by atoms with Crippen molar-refractivity contribution in [1.82, 2.24) is 0 Å². The zero-order valence-corrected chi connectivity index (χ0v) is 14.9. The van der Waals surface area contributed by atoms with E-state index in [9.17, 15) is 5.11 Å². The number of rotatable bonds is 8. The average Bonchev–Trinajstić information content (AvgIpc) is 2.65. The van der Waals surface area contributed by atoms with Gasteiger partial charge in [0.1, 0.15) is 12.2 Å². The first-order valence-electron chi connectivity index (χ1n) is 8.62. The van der Waals surface area contributed by atoms with E-state index in [1.165, 1.54) is 0 Å². The predicted octanol–water partition coefficient (Wildman–Crippen LogP) is 3.81. The van der Waals surface area contributed by atoms with Crippen molar-refractivity contribution in [3.8, 4) is 11.8 Å². The van der Waals surface area contributed by atoms with Gasteiger partial charge in [-0.15, -0.1) is 0 Å². The van der Waals surface area contributed by atoms with E-state index in [1.807, 2.05) is 74.5 Å². The van der Waals surface area contributed by atoms with Crippen molar-refractivity contribution >= 4 is 0 Å². The molecule has 2 atom stereocenters. The normalized spacial score (nSPS) is 13.1. The van der Waals surface area contributed by atoms with E-state index in [2.05, 4.69) is 11.8 Å². The Balaban J connectivity index is 2.02. The maximum atomic E-state index is 9.76. The van der Waals surface area contributed by atoms with Gasteiger partial charge in [-0.1, -0.05) is 86.4 Å². The molecular formula is C22H26O3. The molecule has 3 heteroatoms. The van der Waals surface area contributed by atoms with Crippen LogP contribution in [0.4, 0.5) is 0 Å². The molecular weight excluding hydrogens is 312 g/mol. The molecule has 0 radical (unpaired) electrons. The lowest BCUT2D eigenvalue weighted by Crippen LogP contribution is -2.33. The van der Waals surface area contributed by atoms with E-state index in [0.29, 0.717) is 13.2 Å². The molecule has 0 aliphatic heterocycles. The summed E-state index contributed by atoms with van der Waals surface area (Å²) >= 11 is 0. The van der Waals surface area contributed by atoms with Crippen LogP contribution < -0.4 is 0 Å². The van der Waals surface area contributed by atoms with Crippen molar-refractivity contribution in [1.29, 1.82) is 0 Å². The fourth-order valence-corrected chi connectivity index (χ4v) is 2.26. The van der Waals surface area contributed by atoms with Crippen LogP contribution in [0.3, 0.4) is 0 Å². The van der Waals surface area contributed by atoms with Gasteiger partial charge in [-0.25, -0.2) is 0 Å². The van der Waals surface area contributed by atoms with Crippen molar-refractivity contribution in [2.75, 3.05) is 6.61 Å². The SMILES string of the molecule is CC(C)C#C[C@@H](OCc1ccccc1)[C@@H](CO)OCc1ccccc1. The molecule has 25 heavy (non-hydrogen) atoms. The Labute approximate surface area is 150 Å². The molecule has 0 spiro atoms. The van der Waals surface area contributed by atoms with E-state index < -0.39 is 12.2 Å². The van der Waals surface area contributed by atoms with Crippen molar-refractivity contribution in [3.63, 3.8) is 0 Å². The lowest BCUT2D eigenvalue weighted by atomic mass is 10.1. The molecule has 132 valence electrons. The van der Waals surface area contributed by atoms with Crippen LogP contribution in [-0.4, -0.2) is 23.9 Å². The molecule has 0 heterocycles. The molecule has 2 rings (SSSR count). The van der Waals surface area contributed by atoms with Gasteiger partial charge in [0, 0.05) is 5.92 Å². The van der Waals surface area contributed by atoms with Crippen LogP contribution in [0.1, 0.15) is 25.0 Å². The quantitative estimate of drug-likeness (QED) is 0.744. The van der Waals surface area contributed by atoms with Gasteiger partial charge >= 0.3 is 0 Å². The fraction of sp³-hybridized carbons (Fsp3) is 0.364. The minimum atomic E-state index is -0.491. The van der Waals surface area contributed by atoms with Gasteiger partial charge in [-0.05, 0) is 11.1 Å². The van der Waals surface area contributed by atoms with Crippen LogP contribution in [0, 0.1) is 17.8 Å². The predicted molar refractivity (Wildman–Crippen MR) is 99.7 cm³/mol. The molecule has 0 aliphatic rings. The Morgan fingerprint density at radius 2 is 1.32 bits per heavy atom. The second-order valence-electron chi connectivity index (χ2n) is 6.18. The summed E-state index contributed by atoms with van der Waals surface area (Å²) in [5, 5.41) is 9.76. The molecule has 3 nitrogen and oxygen atoms in total. The van der Waals surface area contributed by atoms with Crippen LogP contribution in [0.5, 0.6) is 0 Å². The Hall–Kier alpha value is -2.12. The molecule has 0 unspecified atom stereocenters. The first-order valence-corrected chi connectivity index (χ1v) is 8.62. The van der Waals surface area contributed by atoms with Gasteiger partial charge in [0.05, 0.1) is 19.8 Å². The van der Waals surface area contributed by atoms with Gasteiger partial charge in [-0.3, -0.25) is 0 Å². The first-order chi connectivity index (χ1) is 12.2. The van der Waals surface area contributed by atoms with Crippen molar-refractivity contribution in [3.05, 3.63) is 71.8 Å². The number of aliphatic hydroxyl groups excluding tert-OH is 1. The number of hydrogen-bond acceptors (Lipinski definition) is 3. The molecule has 0 aliphatic carbocycles. The zero-order valence-electron chi connectivity index (χ0n) is 14.9. The highest BCUT2D eigenvalue weighted by Gasteiger charge is 2.21. The third-order valence-corrected chi connectivity index (χ3v) is 3.61. The Bertz CT molecular complexity index is 656.